The molecule has 1 aliphatic heterocycles. The summed E-state index contributed by atoms with van der Waals surface area (Å²) in [6, 6.07) is 14.9. The zero-order chi connectivity index (χ0) is 19.2. The molecule has 1 fully saturated rings. The van der Waals surface area contributed by atoms with Crippen LogP contribution in [0.25, 0.3) is 10.8 Å². The molecule has 0 aromatic heterocycles. The molecule has 0 saturated carbocycles. The second kappa shape index (κ2) is 9.16. The lowest BCUT2D eigenvalue weighted by molar-refractivity contribution is -0.140. The van der Waals surface area contributed by atoms with Crippen LogP contribution < -0.4 is 0 Å². The minimum absolute atomic E-state index is 0.0298. The van der Waals surface area contributed by atoms with Gasteiger partial charge in [0.2, 0.25) is 5.91 Å². The molecule has 1 amide bonds. The summed E-state index contributed by atoms with van der Waals surface area (Å²) >= 11 is 0. The maximum Gasteiger partial charge on any atom is 0.226 e. The highest BCUT2D eigenvalue weighted by molar-refractivity contribution is 5.83. The van der Waals surface area contributed by atoms with Crippen LogP contribution in [0.2, 0.25) is 0 Å². The lowest BCUT2D eigenvalue weighted by Gasteiger charge is -2.28. The van der Waals surface area contributed by atoms with Crippen LogP contribution in [0.5, 0.6) is 0 Å². The molecule has 2 aromatic carbocycles. The average Bonchev–Trinajstić information content (AvgIpc) is 3.16. The van der Waals surface area contributed by atoms with Crippen LogP contribution in [-0.4, -0.2) is 29.7 Å². The molecule has 0 bridgehead atoms. The highest BCUT2D eigenvalue weighted by atomic mass is 16.2. The summed E-state index contributed by atoms with van der Waals surface area (Å²) in [4.78, 5) is 26.0. The van der Waals surface area contributed by atoms with Crippen molar-refractivity contribution in [1.29, 1.82) is 0 Å². The Morgan fingerprint density at radius 3 is 2.67 bits per heavy atom. The molecule has 2 aromatic rings. The third-order valence-electron chi connectivity index (χ3n) is 5.91. The van der Waals surface area contributed by atoms with E-state index in [-0.39, 0.29) is 17.9 Å². The van der Waals surface area contributed by atoms with Crippen molar-refractivity contribution in [2.45, 2.75) is 58.4 Å². The van der Waals surface area contributed by atoms with Crippen LogP contribution in [0.3, 0.4) is 0 Å². The fourth-order valence-corrected chi connectivity index (χ4v) is 4.25. The number of fused-ring (bicyclic) bond motifs is 1. The molecule has 1 saturated heterocycles. The lowest BCUT2D eigenvalue weighted by atomic mass is 9.88. The van der Waals surface area contributed by atoms with Gasteiger partial charge in [-0.05, 0) is 54.4 Å². The highest BCUT2D eigenvalue weighted by Crippen LogP contribution is 2.26. The van der Waals surface area contributed by atoms with E-state index in [9.17, 15) is 9.59 Å². The number of hydrogen-bond donors (Lipinski definition) is 0. The second-order valence-corrected chi connectivity index (χ2v) is 8.16. The summed E-state index contributed by atoms with van der Waals surface area (Å²) in [5.41, 5.74) is 1.36. The van der Waals surface area contributed by atoms with E-state index in [0.29, 0.717) is 5.92 Å². The number of amides is 1. The van der Waals surface area contributed by atoms with Gasteiger partial charge in [0.05, 0.1) is 6.04 Å². The quantitative estimate of drug-likeness (QED) is 0.487. The minimum Gasteiger partial charge on any atom is -0.333 e. The number of aldehydes is 1. The summed E-state index contributed by atoms with van der Waals surface area (Å²) in [5.74, 6) is 0.526. The third-order valence-corrected chi connectivity index (χ3v) is 5.91. The first-order chi connectivity index (χ1) is 13.1. The molecule has 27 heavy (non-hydrogen) atoms. The van der Waals surface area contributed by atoms with E-state index in [1.165, 1.54) is 16.3 Å². The standard InChI is InChI=1S/C24H31NO2/c1-18(2)23(24(27)25-15-7-11-22(25)17-26)12-6-3-8-19-13-14-20-9-4-5-10-21(20)16-19/h4-5,9-10,13-14,16-18,22-23H,3,6-8,11-12,15H2,1-2H3/t22-,23?/m0/s1. The van der Waals surface area contributed by atoms with Crippen LogP contribution >= 0.6 is 0 Å². The summed E-state index contributed by atoms with van der Waals surface area (Å²) in [6.07, 6.45) is 6.80. The van der Waals surface area contributed by atoms with Crippen molar-refractivity contribution in [3.05, 3.63) is 48.0 Å². The van der Waals surface area contributed by atoms with Gasteiger partial charge in [-0.1, -0.05) is 62.7 Å². The van der Waals surface area contributed by atoms with Gasteiger partial charge in [0.15, 0.2) is 0 Å². The number of likely N-dealkylation sites (tertiary alicyclic amines) is 1. The van der Waals surface area contributed by atoms with Gasteiger partial charge >= 0.3 is 0 Å². The van der Waals surface area contributed by atoms with Gasteiger partial charge in [-0.15, -0.1) is 0 Å². The zero-order valence-corrected chi connectivity index (χ0v) is 16.6. The van der Waals surface area contributed by atoms with Gasteiger partial charge in [0.25, 0.3) is 0 Å². The number of nitrogens with zero attached hydrogens (tertiary/aromatic N) is 1. The van der Waals surface area contributed by atoms with Crippen LogP contribution in [0.1, 0.15) is 51.5 Å². The van der Waals surface area contributed by atoms with Crippen molar-refractivity contribution in [3.8, 4) is 0 Å². The maximum absolute atomic E-state index is 12.9. The van der Waals surface area contributed by atoms with E-state index in [1.807, 2.05) is 4.90 Å². The number of rotatable bonds is 8. The van der Waals surface area contributed by atoms with Crippen molar-refractivity contribution < 1.29 is 9.59 Å². The fourth-order valence-electron chi connectivity index (χ4n) is 4.25. The van der Waals surface area contributed by atoms with Crippen molar-refractivity contribution in [3.63, 3.8) is 0 Å². The Morgan fingerprint density at radius 1 is 1.15 bits per heavy atom. The number of benzene rings is 2. The maximum atomic E-state index is 12.9. The molecule has 144 valence electrons. The van der Waals surface area contributed by atoms with Crippen molar-refractivity contribution >= 4 is 23.0 Å². The predicted molar refractivity (Wildman–Crippen MR) is 111 cm³/mol. The number of hydrogen-bond acceptors (Lipinski definition) is 2. The summed E-state index contributed by atoms with van der Waals surface area (Å²) < 4.78 is 0. The van der Waals surface area contributed by atoms with Gasteiger partial charge in [0.1, 0.15) is 6.29 Å². The van der Waals surface area contributed by atoms with Crippen molar-refractivity contribution in [2.75, 3.05) is 6.54 Å². The molecule has 1 unspecified atom stereocenters. The molecular weight excluding hydrogens is 334 g/mol. The van der Waals surface area contributed by atoms with Gasteiger partial charge < -0.3 is 9.69 Å². The Morgan fingerprint density at radius 2 is 1.93 bits per heavy atom. The average molecular weight is 366 g/mol. The zero-order valence-electron chi connectivity index (χ0n) is 16.6. The second-order valence-electron chi connectivity index (χ2n) is 8.16. The lowest BCUT2D eigenvalue weighted by Crippen LogP contribution is -2.41. The topological polar surface area (TPSA) is 37.4 Å². The number of aryl methyl sites for hydroxylation is 1. The van der Waals surface area contributed by atoms with E-state index in [4.69, 9.17) is 0 Å². The van der Waals surface area contributed by atoms with E-state index in [1.54, 1.807) is 0 Å². The molecule has 0 spiro atoms. The predicted octanol–water partition coefficient (Wildman–Crippen LogP) is 5.01. The molecule has 1 heterocycles. The van der Waals surface area contributed by atoms with E-state index in [2.05, 4.69) is 56.3 Å². The van der Waals surface area contributed by atoms with Crippen molar-refractivity contribution in [1.82, 2.24) is 4.90 Å². The molecule has 3 heteroatoms. The molecule has 1 aliphatic rings. The smallest absolute Gasteiger partial charge is 0.226 e. The van der Waals surface area contributed by atoms with Crippen molar-refractivity contribution in [2.24, 2.45) is 11.8 Å². The summed E-state index contributed by atoms with van der Waals surface area (Å²) in [5, 5.41) is 2.57. The minimum atomic E-state index is -0.198. The highest BCUT2D eigenvalue weighted by Gasteiger charge is 2.33. The molecule has 0 N–H and O–H groups in total. The SMILES string of the molecule is CC(C)C(CCCCc1ccc2ccccc2c1)C(=O)N1CCC[C@H]1C=O. The molecule has 3 nitrogen and oxygen atoms in total. The van der Waals surface area contributed by atoms with E-state index in [0.717, 1.165) is 51.4 Å². The Hall–Kier alpha value is -2.16. The first-order valence-electron chi connectivity index (χ1n) is 10.3. The van der Waals surface area contributed by atoms with Crippen LogP contribution in [0.15, 0.2) is 42.5 Å². The Kier molecular flexibility index (Phi) is 6.65. The summed E-state index contributed by atoms with van der Waals surface area (Å²) in [6.45, 7) is 4.98. The van der Waals surface area contributed by atoms with Gasteiger partial charge in [-0.2, -0.15) is 0 Å². The number of carbonyl (C=O) groups excluding carboxylic acids is 2. The first kappa shape index (κ1) is 19.6. The van der Waals surface area contributed by atoms with Crippen LogP contribution in [0.4, 0.5) is 0 Å². The largest absolute Gasteiger partial charge is 0.333 e. The first-order valence-corrected chi connectivity index (χ1v) is 10.3. The van der Waals surface area contributed by atoms with E-state index >= 15 is 0 Å². The Labute approximate surface area is 162 Å². The molecular formula is C24H31NO2. The fraction of sp³-hybridized carbons (Fsp3) is 0.500. The van der Waals surface area contributed by atoms with Gasteiger partial charge in [-0.3, -0.25) is 4.79 Å². The Balaban J connectivity index is 1.53. The van der Waals surface area contributed by atoms with Gasteiger partial charge in [0, 0.05) is 12.5 Å². The van der Waals surface area contributed by atoms with E-state index < -0.39 is 0 Å². The number of unbranched alkanes of at least 4 members (excludes halogenated alkanes) is 1. The molecule has 0 radical (unpaired) electrons. The van der Waals surface area contributed by atoms with Crippen LogP contribution in [0, 0.1) is 11.8 Å². The molecule has 3 rings (SSSR count). The molecule has 0 aliphatic carbocycles. The Bertz CT molecular complexity index is 783. The van der Waals surface area contributed by atoms with Gasteiger partial charge in [-0.25, -0.2) is 0 Å². The monoisotopic (exact) mass is 365 g/mol. The molecule has 2 atom stereocenters. The number of carbonyl (C=O) groups is 2. The third kappa shape index (κ3) is 4.77. The van der Waals surface area contributed by atoms with Crippen LogP contribution in [-0.2, 0) is 16.0 Å². The normalized spacial score (nSPS) is 18.2. The summed E-state index contributed by atoms with van der Waals surface area (Å²) in [7, 11) is 0.